The highest BCUT2D eigenvalue weighted by Gasteiger charge is 2.68. The van der Waals surface area contributed by atoms with Gasteiger partial charge in [0.05, 0.1) is 10.1 Å². The van der Waals surface area contributed by atoms with Crippen molar-refractivity contribution < 1.29 is 4.74 Å². The van der Waals surface area contributed by atoms with Crippen LogP contribution in [0.2, 0.25) is 0 Å². The summed E-state index contributed by atoms with van der Waals surface area (Å²) < 4.78 is 5.00. The van der Waals surface area contributed by atoms with Crippen molar-refractivity contribution in [1.29, 1.82) is 0 Å². The van der Waals surface area contributed by atoms with Crippen LogP contribution in [-0.2, 0) is 4.74 Å². The van der Waals surface area contributed by atoms with Crippen molar-refractivity contribution in [3.05, 3.63) is 22.2 Å². The molecule has 1 aliphatic carbocycles. The fourth-order valence-corrected chi connectivity index (χ4v) is 2.05. The van der Waals surface area contributed by atoms with E-state index in [0.29, 0.717) is 10.1 Å². The van der Waals surface area contributed by atoms with Crippen molar-refractivity contribution in [3.8, 4) is 0 Å². The highest BCUT2D eigenvalue weighted by atomic mass is 35.5. The Morgan fingerprint density at radius 1 is 1.00 bits per heavy atom. The number of allylic oxidation sites excluding steroid dienone is 2. The van der Waals surface area contributed by atoms with Crippen LogP contribution >= 0.6 is 46.4 Å². The highest BCUT2D eigenvalue weighted by Crippen LogP contribution is 2.60. The van der Waals surface area contributed by atoms with Gasteiger partial charge < -0.3 is 4.74 Å². The van der Waals surface area contributed by atoms with Gasteiger partial charge in [0.15, 0.2) is 0 Å². The Morgan fingerprint density at radius 2 is 1.36 bits per heavy atom. The Hall–Kier alpha value is 0.600. The first-order chi connectivity index (χ1) is 4.97. The van der Waals surface area contributed by atoms with Gasteiger partial charge in [-0.15, -0.1) is 0 Å². The SMILES string of the molecule is ClC1=CC2(Cl)OC2(Cl)C=C1Cl. The quantitative estimate of drug-likeness (QED) is 0.461. The van der Waals surface area contributed by atoms with E-state index in [1.165, 1.54) is 12.2 Å². The zero-order chi connectivity index (χ0) is 8.28. The largest absolute Gasteiger partial charge is 0.321 e. The van der Waals surface area contributed by atoms with E-state index in [1.807, 2.05) is 0 Å². The molecule has 0 aromatic rings. The number of epoxide rings is 1. The third kappa shape index (κ3) is 1.03. The fraction of sp³-hybridized carbons (Fsp3) is 0.333. The van der Waals surface area contributed by atoms with E-state index in [1.54, 1.807) is 0 Å². The lowest BCUT2D eigenvalue weighted by atomic mass is 10.2. The van der Waals surface area contributed by atoms with Crippen LogP contribution in [-0.4, -0.2) is 10.1 Å². The van der Waals surface area contributed by atoms with Gasteiger partial charge in [-0.3, -0.25) is 0 Å². The summed E-state index contributed by atoms with van der Waals surface area (Å²) in [6.07, 6.45) is 2.98. The first kappa shape index (κ1) is 8.21. The average Bonchev–Trinajstić information content (AvgIpc) is 2.33. The molecule has 1 fully saturated rings. The zero-order valence-corrected chi connectivity index (χ0v) is 8.10. The molecule has 0 N–H and O–H groups in total. The zero-order valence-electron chi connectivity index (χ0n) is 5.07. The number of alkyl halides is 2. The summed E-state index contributed by atoms with van der Waals surface area (Å²) in [4.78, 5) is 0. The van der Waals surface area contributed by atoms with Gasteiger partial charge in [0.1, 0.15) is 0 Å². The number of fused-ring (bicyclic) bond motifs is 1. The van der Waals surface area contributed by atoms with Crippen LogP contribution in [0.15, 0.2) is 22.2 Å². The second-order valence-electron chi connectivity index (χ2n) is 2.38. The topological polar surface area (TPSA) is 12.5 Å². The highest BCUT2D eigenvalue weighted by molar-refractivity contribution is 6.47. The normalized spacial score (nSPS) is 47.6. The van der Waals surface area contributed by atoms with Gasteiger partial charge in [-0.25, -0.2) is 0 Å². The second-order valence-corrected chi connectivity index (χ2v) is 4.31. The predicted octanol–water partition coefficient (Wildman–Crippen LogP) is 3.15. The Kier molecular flexibility index (Phi) is 1.56. The Balaban J connectivity index is 2.44. The fourth-order valence-electron chi connectivity index (χ4n) is 0.910. The monoisotopic (exact) mass is 230 g/mol. The van der Waals surface area contributed by atoms with E-state index in [9.17, 15) is 0 Å². The summed E-state index contributed by atoms with van der Waals surface area (Å²) in [6, 6.07) is 0. The molecule has 0 spiro atoms. The molecule has 0 saturated carbocycles. The van der Waals surface area contributed by atoms with E-state index in [0.717, 1.165) is 0 Å². The molecule has 0 aromatic heterocycles. The minimum atomic E-state index is -0.982. The van der Waals surface area contributed by atoms with Crippen molar-refractivity contribution >= 4 is 46.4 Å². The van der Waals surface area contributed by atoms with Crippen molar-refractivity contribution in [2.45, 2.75) is 10.1 Å². The Bertz CT molecular complexity index is 256. The summed E-state index contributed by atoms with van der Waals surface area (Å²) in [7, 11) is 0. The van der Waals surface area contributed by atoms with Crippen LogP contribution in [0.25, 0.3) is 0 Å². The minimum absolute atomic E-state index is 0.371. The van der Waals surface area contributed by atoms with Crippen LogP contribution in [0, 0.1) is 0 Å². The predicted molar refractivity (Wildman–Crippen MR) is 46.1 cm³/mol. The number of ether oxygens (including phenoxy) is 1. The Labute approximate surface area is 83.5 Å². The smallest absolute Gasteiger partial charge is 0.211 e. The number of halogens is 4. The molecule has 2 atom stereocenters. The van der Waals surface area contributed by atoms with Gasteiger partial charge in [-0.1, -0.05) is 46.4 Å². The standard InChI is InChI=1S/C6H2Cl4O/c7-3-1-5(9)6(10,11-5)2-4(3)8/h1-2H. The molecule has 2 aliphatic rings. The molecular formula is C6H2Cl4O. The first-order valence-electron chi connectivity index (χ1n) is 2.82. The average molecular weight is 232 g/mol. The molecule has 5 heteroatoms. The molecule has 11 heavy (non-hydrogen) atoms. The maximum absolute atomic E-state index is 5.83. The van der Waals surface area contributed by atoms with Crippen molar-refractivity contribution in [2.75, 3.05) is 0 Å². The van der Waals surface area contributed by atoms with E-state index in [4.69, 9.17) is 51.1 Å². The van der Waals surface area contributed by atoms with Gasteiger partial charge >= 0.3 is 0 Å². The van der Waals surface area contributed by atoms with Gasteiger partial charge in [-0.2, -0.15) is 0 Å². The molecular weight excluding hydrogens is 230 g/mol. The first-order valence-corrected chi connectivity index (χ1v) is 4.33. The summed E-state index contributed by atoms with van der Waals surface area (Å²) in [5.41, 5.74) is 0. The van der Waals surface area contributed by atoms with Crippen LogP contribution in [0.1, 0.15) is 0 Å². The van der Waals surface area contributed by atoms with Crippen LogP contribution in [0.3, 0.4) is 0 Å². The Morgan fingerprint density at radius 3 is 1.73 bits per heavy atom. The van der Waals surface area contributed by atoms with Gasteiger partial charge in [-0.05, 0) is 12.2 Å². The molecule has 1 heterocycles. The molecule has 0 bridgehead atoms. The van der Waals surface area contributed by atoms with Crippen molar-refractivity contribution in [1.82, 2.24) is 0 Å². The molecule has 1 saturated heterocycles. The van der Waals surface area contributed by atoms with Crippen LogP contribution in [0.5, 0.6) is 0 Å². The van der Waals surface area contributed by atoms with Gasteiger partial charge in [0.2, 0.25) is 10.1 Å². The van der Waals surface area contributed by atoms with E-state index >= 15 is 0 Å². The maximum Gasteiger partial charge on any atom is 0.211 e. The molecule has 0 radical (unpaired) electrons. The second kappa shape index (κ2) is 2.09. The van der Waals surface area contributed by atoms with Crippen LogP contribution < -0.4 is 0 Å². The number of hydrogen-bond acceptors (Lipinski definition) is 1. The third-order valence-electron chi connectivity index (χ3n) is 1.57. The van der Waals surface area contributed by atoms with E-state index in [2.05, 4.69) is 0 Å². The number of hydrogen-bond donors (Lipinski definition) is 0. The molecule has 1 nitrogen and oxygen atoms in total. The minimum Gasteiger partial charge on any atom is -0.321 e. The van der Waals surface area contributed by atoms with Crippen molar-refractivity contribution in [2.24, 2.45) is 0 Å². The molecule has 1 aliphatic heterocycles. The lowest BCUT2D eigenvalue weighted by Gasteiger charge is -2.07. The third-order valence-corrected chi connectivity index (χ3v) is 3.33. The van der Waals surface area contributed by atoms with Crippen LogP contribution in [0.4, 0.5) is 0 Å². The molecule has 0 aromatic carbocycles. The molecule has 2 unspecified atom stereocenters. The molecule has 60 valence electrons. The van der Waals surface area contributed by atoms with E-state index < -0.39 is 10.1 Å². The molecule has 2 rings (SSSR count). The summed E-state index contributed by atoms with van der Waals surface area (Å²) >= 11 is 23.0. The van der Waals surface area contributed by atoms with Gasteiger partial charge in [0.25, 0.3) is 0 Å². The molecule has 0 amide bonds. The maximum atomic E-state index is 5.83. The summed E-state index contributed by atoms with van der Waals surface area (Å²) in [6.45, 7) is 0. The summed E-state index contributed by atoms with van der Waals surface area (Å²) in [5.74, 6) is 0. The summed E-state index contributed by atoms with van der Waals surface area (Å²) in [5, 5.41) is -1.22. The van der Waals surface area contributed by atoms with E-state index in [-0.39, 0.29) is 0 Å². The lowest BCUT2D eigenvalue weighted by molar-refractivity contribution is 0.380. The lowest BCUT2D eigenvalue weighted by Crippen LogP contribution is -2.13. The van der Waals surface area contributed by atoms with Crippen molar-refractivity contribution in [3.63, 3.8) is 0 Å². The van der Waals surface area contributed by atoms with Gasteiger partial charge in [0, 0.05) is 0 Å². The number of rotatable bonds is 0.